The van der Waals surface area contributed by atoms with Crippen LogP contribution in [0.2, 0.25) is 10.0 Å². The van der Waals surface area contributed by atoms with Crippen molar-refractivity contribution in [2.24, 2.45) is 0 Å². The maximum absolute atomic E-state index is 12.2. The highest BCUT2D eigenvalue weighted by molar-refractivity contribution is 6.39. The number of quaternary nitrogens is 2. The predicted molar refractivity (Wildman–Crippen MR) is 85.8 cm³/mol. The second-order valence-electron chi connectivity index (χ2n) is 5.84. The van der Waals surface area contributed by atoms with Crippen molar-refractivity contribution in [3.63, 3.8) is 0 Å². The summed E-state index contributed by atoms with van der Waals surface area (Å²) in [4.78, 5) is 25.9. The van der Waals surface area contributed by atoms with E-state index in [9.17, 15) is 14.7 Å². The van der Waals surface area contributed by atoms with Gasteiger partial charge in [-0.25, -0.2) is 0 Å². The van der Waals surface area contributed by atoms with Gasteiger partial charge in [0.15, 0.2) is 0 Å². The Labute approximate surface area is 145 Å². The molecule has 1 aromatic rings. The molecule has 1 aromatic carbocycles. The number of anilines is 1. The Hall–Kier alpha value is -1.34. The summed E-state index contributed by atoms with van der Waals surface area (Å²) < 4.78 is 0. The third-order valence-corrected chi connectivity index (χ3v) is 4.77. The molecule has 0 spiro atoms. The van der Waals surface area contributed by atoms with E-state index >= 15 is 0 Å². The molecule has 1 amide bonds. The van der Waals surface area contributed by atoms with E-state index in [1.54, 1.807) is 18.2 Å². The van der Waals surface area contributed by atoms with Gasteiger partial charge in [-0.1, -0.05) is 29.3 Å². The van der Waals surface area contributed by atoms with Crippen LogP contribution in [0.1, 0.15) is 6.42 Å². The quantitative estimate of drug-likeness (QED) is 0.560. The Bertz CT molecular complexity index is 569. The van der Waals surface area contributed by atoms with Crippen LogP contribution >= 0.6 is 23.2 Å². The number of nitrogens with one attached hydrogen (secondary N) is 3. The van der Waals surface area contributed by atoms with E-state index < -0.39 is 17.9 Å². The Morgan fingerprint density at radius 2 is 1.78 bits per heavy atom. The SMILES string of the molecule is C[NH+]1CC[NH+]([C@H](CC(=O)Nc2c(Cl)cccc2Cl)C(=O)[O-])CC1. The number of piperazine rings is 1. The van der Waals surface area contributed by atoms with Crippen LogP contribution in [0.15, 0.2) is 18.2 Å². The maximum atomic E-state index is 12.2. The minimum absolute atomic E-state index is 0.168. The van der Waals surface area contributed by atoms with E-state index in [0.29, 0.717) is 28.8 Å². The van der Waals surface area contributed by atoms with Crippen LogP contribution in [-0.2, 0) is 9.59 Å². The number of para-hydroxylation sites is 1. The minimum atomic E-state index is -1.21. The second-order valence-corrected chi connectivity index (χ2v) is 6.65. The zero-order valence-electron chi connectivity index (χ0n) is 12.8. The van der Waals surface area contributed by atoms with E-state index in [4.69, 9.17) is 23.2 Å². The van der Waals surface area contributed by atoms with Gasteiger partial charge in [0.05, 0.1) is 35.2 Å². The molecular weight excluding hydrogens is 341 g/mol. The van der Waals surface area contributed by atoms with Crippen molar-refractivity contribution in [2.75, 3.05) is 38.5 Å². The Morgan fingerprint density at radius 3 is 2.30 bits per heavy atom. The first kappa shape index (κ1) is 18.0. The number of rotatable bonds is 5. The summed E-state index contributed by atoms with van der Waals surface area (Å²) in [5.74, 6) is -1.65. The highest BCUT2D eigenvalue weighted by Gasteiger charge is 2.31. The first-order valence-corrected chi connectivity index (χ1v) is 8.24. The number of hydrogen-bond acceptors (Lipinski definition) is 3. The lowest BCUT2D eigenvalue weighted by molar-refractivity contribution is -1.01. The second kappa shape index (κ2) is 7.97. The summed E-state index contributed by atoms with van der Waals surface area (Å²) in [6.07, 6.45) is -0.168. The molecule has 0 unspecified atom stereocenters. The van der Waals surface area contributed by atoms with Gasteiger partial charge in [0.25, 0.3) is 0 Å². The Morgan fingerprint density at radius 1 is 1.22 bits per heavy atom. The number of carbonyl (C=O) groups excluding carboxylic acids is 2. The van der Waals surface area contributed by atoms with Crippen LogP contribution in [0.3, 0.4) is 0 Å². The van der Waals surface area contributed by atoms with E-state index in [0.717, 1.165) is 18.0 Å². The molecule has 1 aliphatic heterocycles. The number of hydrogen-bond donors (Lipinski definition) is 3. The summed E-state index contributed by atoms with van der Waals surface area (Å²) in [5, 5.41) is 14.7. The van der Waals surface area contributed by atoms with Crippen LogP contribution in [0.4, 0.5) is 5.69 Å². The van der Waals surface area contributed by atoms with Gasteiger partial charge in [0, 0.05) is 0 Å². The van der Waals surface area contributed by atoms with Gasteiger partial charge in [-0.15, -0.1) is 0 Å². The third-order valence-electron chi connectivity index (χ3n) is 4.14. The average Bonchev–Trinajstić information content (AvgIpc) is 2.49. The van der Waals surface area contributed by atoms with Crippen molar-refractivity contribution in [3.8, 4) is 0 Å². The molecule has 8 heteroatoms. The molecule has 0 saturated carbocycles. The van der Waals surface area contributed by atoms with Crippen molar-refractivity contribution in [2.45, 2.75) is 12.5 Å². The molecule has 1 heterocycles. The van der Waals surface area contributed by atoms with Gasteiger partial charge in [-0.2, -0.15) is 0 Å². The molecule has 2 rings (SSSR count). The molecule has 1 aliphatic rings. The van der Waals surface area contributed by atoms with Gasteiger partial charge < -0.3 is 25.0 Å². The number of carbonyl (C=O) groups is 2. The molecule has 0 aliphatic carbocycles. The highest BCUT2D eigenvalue weighted by Crippen LogP contribution is 2.29. The summed E-state index contributed by atoms with van der Waals surface area (Å²) in [7, 11) is 2.07. The van der Waals surface area contributed by atoms with Crippen LogP contribution in [-0.4, -0.2) is 51.1 Å². The summed E-state index contributed by atoms with van der Waals surface area (Å²) >= 11 is 12.0. The number of amides is 1. The fourth-order valence-electron chi connectivity index (χ4n) is 2.73. The van der Waals surface area contributed by atoms with Gasteiger partial charge >= 0.3 is 0 Å². The first-order valence-electron chi connectivity index (χ1n) is 7.49. The van der Waals surface area contributed by atoms with Crippen molar-refractivity contribution in [1.82, 2.24) is 0 Å². The molecule has 3 N–H and O–H groups in total. The van der Waals surface area contributed by atoms with Crippen molar-refractivity contribution in [1.29, 1.82) is 0 Å². The normalized spacial score (nSPS) is 22.4. The summed E-state index contributed by atoms with van der Waals surface area (Å²) in [6, 6.07) is 4.01. The zero-order valence-corrected chi connectivity index (χ0v) is 14.3. The number of carboxylic acids is 1. The van der Waals surface area contributed by atoms with Crippen molar-refractivity contribution >= 4 is 40.8 Å². The van der Waals surface area contributed by atoms with Gasteiger partial charge in [0.2, 0.25) is 5.91 Å². The fraction of sp³-hybridized carbons (Fsp3) is 0.467. The molecule has 1 atom stereocenters. The number of carboxylic acid groups (broad SMARTS) is 1. The van der Waals surface area contributed by atoms with Crippen LogP contribution in [0.5, 0.6) is 0 Å². The van der Waals surface area contributed by atoms with Crippen LogP contribution < -0.4 is 20.2 Å². The predicted octanol–water partition coefficient (Wildman–Crippen LogP) is -2.15. The van der Waals surface area contributed by atoms with E-state index in [1.807, 2.05) is 0 Å². The monoisotopic (exact) mass is 360 g/mol. The number of likely N-dealkylation sites (N-methyl/N-ethyl adjacent to an activating group) is 1. The topological polar surface area (TPSA) is 78.1 Å². The number of benzene rings is 1. The lowest BCUT2D eigenvalue weighted by Crippen LogP contribution is -3.29. The van der Waals surface area contributed by atoms with Gasteiger partial charge in [0.1, 0.15) is 32.2 Å². The van der Waals surface area contributed by atoms with Crippen molar-refractivity contribution in [3.05, 3.63) is 28.2 Å². The summed E-state index contributed by atoms with van der Waals surface area (Å²) in [5.41, 5.74) is 0.302. The van der Waals surface area contributed by atoms with E-state index in [-0.39, 0.29) is 6.42 Å². The molecule has 0 aromatic heterocycles. The number of aliphatic carboxylic acids is 1. The van der Waals surface area contributed by atoms with Gasteiger partial charge in [-0.05, 0) is 12.1 Å². The lowest BCUT2D eigenvalue weighted by Gasteiger charge is -2.33. The lowest BCUT2D eigenvalue weighted by atomic mass is 10.1. The van der Waals surface area contributed by atoms with E-state index in [2.05, 4.69) is 12.4 Å². The average molecular weight is 361 g/mol. The molecule has 0 bridgehead atoms. The Balaban J connectivity index is 2.02. The molecule has 1 saturated heterocycles. The Kier molecular flexibility index (Phi) is 6.24. The molecule has 6 nitrogen and oxygen atoms in total. The molecular formula is C15H20Cl2N3O3+. The first-order chi connectivity index (χ1) is 10.9. The molecule has 126 valence electrons. The van der Waals surface area contributed by atoms with Crippen molar-refractivity contribution < 1.29 is 24.5 Å². The van der Waals surface area contributed by atoms with Gasteiger partial charge in [-0.3, -0.25) is 4.79 Å². The molecule has 1 fully saturated rings. The molecule has 23 heavy (non-hydrogen) atoms. The third kappa shape index (κ3) is 4.81. The zero-order chi connectivity index (χ0) is 17.0. The smallest absolute Gasteiger partial charge is 0.230 e. The number of halogens is 2. The largest absolute Gasteiger partial charge is 0.544 e. The standard InChI is InChI=1S/C15H19Cl2N3O3/c1-19-5-7-20(8-6-19)12(15(22)23)9-13(21)18-14-10(16)3-2-4-11(14)17/h2-4,12H,5-9H2,1H3,(H,18,21)(H,22,23)/p+1/t12-/m1/s1. The molecule has 0 radical (unpaired) electrons. The highest BCUT2D eigenvalue weighted by atomic mass is 35.5. The van der Waals surface area contributed by atoms with Crippen LogP contribution in [0, 0.1) is 0 Å². The summed E-state index contributed by atoms with van der Waals surface area (Å²) in [6.45, 7) is 3.14. The van der Waals surface area contributed by atoms with E-state index in [1.165, 1.54) is 4.90 Å². The maximum Gasteiger partial charge on any atom is 0.230 e. The fourth-order valence-corrected chi connectivity index (χ4v) is 3.23. The minimum Gasteiger partial charge on any atom is -0.544 e. The van der Waals surface area contributed by atoms with Crippen LogP contribution in [0.25, 0.3) is 0 Å².